The minimum Gasteiger partial charge on any atom is -0.496 e. The summed E-state index contributed by atoms with van der Waals surface area (Å²) in [6, 6.07) is 13.2. The van der Waals surface area contributed by atoms with Gasteiger partial charge in [-0.15, -0.1) is 17.0 Å². The molecule has 7 heteroatoms. The fourth-order valence-corrected chi connectivity index (χ4v) is 2.98. The van der Waals surface area contributed by atoms with Crippen molar-refractivity contribution in [2.75, 3.05) is 7.11 Å². The molecule has 23 heavy (non-hydrogen) atoms. The third-order valence-electron chi connectivity index (χ3n) is 3.13. The standard InChI is InChI=1S/C16H12Cl2N2OS.BrH/c1-21-15-5-3-2-4-11(15)14-9-22-20-16(19-14)10-6-7-12(17)13(18)8-10;/h2-9H,1H3,(H,19,20);1H. The quantitative estimate of drug-likeness (QED) is 0.644. The summed E-state index contributed by atoms with van der Waals surface area (Å²) in [4.78, 5) is 4.67. The van der Waals surface area contributed by atoms with Crippen LogP contribution in [0.15, 0.2) is 52.9 Å². The minimum absolute atomic E-state index is 0. The Bertz CT molecular complexity index is 780. The molecule has 1 aliphatic heterocycles. The monoisotopic (exact) mass is 430 g/mol. The van der Waals surface area contributed by atoms with Crippen LogP contribution >= 0.6 is 52.1 Å². The van der Waals surface area contributed by atoms with E-state index < -0.39 is 0 Å². The molecule has 0 saturated heterocycles. The summed E-state index contributed by atoms with van der Waals surface area (Å²) in [6.45, 7) is 0. The molecule has 1 aliphatic rings. The number of nitrogens with one attached hydrogen (secondary N) is 1. The number of ether oxygens (including phenoxy) is 1. The summed E-state index contributed by atoms with van der Waals surface area (Å²) in [6.07, 6.45) is 0. The molecule has 0 aliphatic carbocycles. The number of hydrogen-bond acceptors (Lipinski definition) is 4. The van der Waals surface area contributed by atoms with Crippen molar-refractivity contribution in [2.45, 2.75) is 0 Å². The van der Waals surface area contributed by atoms with E-state index in [1.54, 1.807) is 19.2 Å². The second-order valence-corrected chi connectivity index (χ2v) is 6.00. The fourth-order valence-electron chi connectivity index (χ4n) is 2.06. The largest absolute Gasteiger partial charge is 0.496 e. The lowest BCUT2D eigenvalue weighted by atomic mass is 10.1. The first-order chi connectivity index (χ1) is 10.7. The number of amidine groups is 1. The Labute approximate surface area is 159 Å². The minimum atomic E-state index is 0. The van der Waals surface area contributed by atoms with Crippen molar-refractivity contribution in [3.8, 4) is 5.75 Å². The van der Waals surface area contributed by atoms with E-state index >= 15 is 0 Å². The number of para-hydroxylation sites is 1. The number of benzene rings is 2. The average molecular weight is 432 g/mol. The van der Waals surface area contributed by atoms with E-state index in [1.165, 1.54) is 11.9 Å². The Balaban J connectivity index is 0.00000192. The van der Waals surface area contributed by atoms with Crippen LogP contribution in [0.2, 0.25) is 10.0 Å². The Morgan fingerprint density at radius 1 is 1.09 bits per heavy atom. The maximum Gasteiger partial charge on any atom is 0.144 e. The Morgan fingerprint density at radius 3 is 2.61 bits per heavy atom. The van der Waals surface area contributed by atoms with Crippen LogP contribution in [0.1, 0.15) is 11.1 Å². The zero-order valence-electron chi connectivity index (χ0n) is 12.0. The van der Waals surface area contributed by atoms with E-state index in [2.05, 4.69) is 9.71 Å². The number of nitrogens with zero attached hydrogens (tertiary/aromatic N) is 1. The predicted molar refractivity (Wildman–Crippen MR) is 105 cm³/mol. The van der Waals surface area contributed by atoms with E-state index in [0.29, 0.717) is 10.0 Å². The first kappa shape index (κ1) is 18.2. The molecule has 0 spiro atoms. The fraction of sp³-hybridized carbons (Fsp3) is 0.0625. The van der Waals surface area contributed by atoms with Crippen molar-refractivity contribution in [3.63, 3.8) is 0 Å². The zero-order valence-corrected chi connectivity index (χ0v) is 16.1. The highest BCUT2D eigenvalue weighted by Gasteiger charge is 2.14. The summed E-state index contributed by atoms with van der Waals surface area (Å²) >= 11 is 13.5. The van der Waals surface area contributed by atoms with E-state index in [-0.39, 0.29) is 17.0 Å². The molecular formula is C16H13BrCl2N2OS. The van der Waals surface area contributed by atoms with Crippen LogP contribution in [-0.2, 0) is 0 Å². The van der Waals surface area contributed by atoms with Crippen LogP contribution in [0, 0.1) is 0 Å². The maximum atomic E-state index is 6.08. The molecule has 120 valence electrons. The highest BCUT2D eigenvalue weighted by Crippen LogP contribution is 2.31. The van der Waals surface area contributed by atoms with E-state index in [1.807, 2.05) is 35.7 Å². The molecular weight excluding hydrogens is 419 g/mol. The molecule has 0 saturated carbocycles. The van der Waals surface area contributed by atoms with Gasteiger partial charge < -0.3 is 9.46 Å². The van der Waals surface area contributed by atoms with Crippen LogP contribution < -0.4 is 9.46 Å². The van der Waals surface area contributed by atoms with Crippen molar-refractivity contribution in [3.05, 3.63) is 69.0 Å². The Hall–Kier alpha value is -1.14. The van der Waals surface area contributed by atoms with Crippen LogP contribution in [0.5, 0.6) is 5.75 Å². The molecule has 0 fully saturated rings. The summed E-state index contributed by atoms with van der Waals surface area (Å²) in [5, 5.41) is 2.97. The van der Waals surface area contributed by atoms with Gasteiger partial charge in [0.1, 0.15) is 11.6 Å². The van der Waals surface area contributed by atoms with E-state index in [0.717, 1.165) is 28.4 Å². The van der Waals surface area contributed by atoms with Crippen LogP contribution in [0.25, 0.3) is 5.70 Å². The SMILES string of the molecule is Br.COc1ccccc1C1=CSNC(c2ccc(Cl)c(Cl)c2)=N1. The molecule has 0 unspecified atom stereocenters. The lowest BCUT2D eigenvalue weighted by Gasteiger charge is -2.16. The molecule has 0 atom stereocenters. The number of aliphatic imine (C=N–C) groups is 1. The van der Waals surface area contributed by atoms with Crippen LogP contribution in [-0.4, -0.2) is 12.9 Å². The lowest BCUT2D eigenvalue weighted by Crippen LogP contribution is -2.19. The molecule has 1 heterocycles. The van der Waals surface area contributed by atoms with Gasteiger partial charge >= 0.3 is 0 Å². The number of hydrogen-bond donors (Lipinski definition) is 1. The number of halogens is 3. The van der Waals surface area contributed by atoms with Gasteiger partial charge in [0.25, 0.3) is 0 Å². The number of methoxy groups -OCH3 is 1. The van der Waals surface area contributed by atoms with E-state index in [4.69, 9.17) is 27.9 Å². The van der Waals surface area contributed by atoms with Gasteiger partial charge in [0.2, 0.25) is 0 Å². The maximum absolute atomic E-state index is 6.08. The summed E-state index contributed by atoms with van der Waals surface area (Å²) in [5.41, 5.74) is 2.65. The van der Waals surface area contributed by atoms with Gasteiger partial charge in [-0.2, -0.15) is 0 Å². The topological polar surface area (TPSA) is 33.6 Å². The van der Waals surface area contributed by atoms with Gasteiger partial charge in [-0.1, -0.05) is 35.3 Å². The first-order valence-corrected chi connectivity index (χ1v) is 8.12. The van der Waals surface area contributed by atoms with Gasteiger partial charge in [-0.3, -0.25) is 0 Å². The normalized spacial score (nSPS) is 13.3. The highest BCUT2D eigenvalue weighted by molar-refractivity contribution is 8.93. The molecule has 0 bridgehead atoms. The third-order valence-corrected chi connectivity index (χ3v) is 4.53. The number of rotatable bonds is 3. The molecule has 3 rings (SSSR count). The van der Waals surface area contributed by atoms with Crippen LogP contribution in [0.3, 0.4) is 0 Å². The van der Waals surface area contributed by atoms with E-state index in [9.17, 15) is 0 Å². The smallest absolute Gasteiger partial charge is 0.144 e. The summed E-state index contributed by atoms with van der Waals surface area (Å²) in [5.74, 6) is 1.51. The van der Waals surface area contributed by atoms with Crippen molar-refractivity contribution in [2.24, 2.45) is 4.99 Å². The second-order valence-electron chi connectivity index (χ2n) is 4.51. The molecule has 2 aromatic carbocycles. The predicted octanol–water partition coefficient (Wildman–Crippen LogP) is 5.58. The molecule has 1 N–H and O–H groups in total. The molecule has 0 amide bonds. The first-order valence-electron chi connectivity index (χ1n) is 6.48. The Morgan fingerprint density at radius 2 is 1.87 bits per heavy atom. The third kappa shape index (κ3) is 4.04. The summed E-state index contributed by atoms with van der Waals surface area (Å²) < 4.78 is 8.56. The average Bonchev–Trinajstić information content (AvgIpc) is 2.57. The van der Waals surface area contributed by atoms with Crippen molar-refractivity contribution in [1.82, 2.24) is 4.72 Å². The van der Waals surface area contributed by atoms with Gasteiger partial charge in [-0.05, 0) is 42.3 Å². The summed E-state index contributed by atoms with van der Waals surface area (Å²) in [7, 11) is 1.65. The van der Waals surface area contributed by atoms with Crippen molar-refractivity contribution in [1.29, 1.82) is 0 Å². The molecule has 2 aromatic rings. The molecule has 0 radical (unpaired) electrons. The highest BCUT2D eigenvalue weighted by atomic mass is 79.9. The van der Waals surface area contributed by atoms with Gasteiger partial charge in [0.05, 0.1) is 22.9 Å². The van der Waals surface area contributed by atoms with Crippen molar-refractivity contribution < 1.29 is 4.74 Å². The van der Waals surface area contributed by atoms with Gasteiger partial charge in [0.15, 0.2) is 0 Å². The lowest BCUT2D eigenvalue weighted by molar-refractivity contribution is 0.413. The zero-order chi connectivity index (χ0) is 15.5. The van der Waals surface area contributed by atoms with Gasteiger partial charge in [0, 0.05) is 16.5 Å². The Kier molecular flexibility index (Phi) is 6.41. The van der Waals surface area contributed by atoms with Crippen molar-refractivity contribution >= 4 is 63.7 Å². The van der Waals surface area contributed by atoms with Gasteiger partial charge in [-0.25, -0.2) is 4.99 Å². The molecule has 0 aromatic heterocycles. The van der Waals surface area contributed by atoms with Crippen LogP contribution in [0.4, 0.5) is 0 Å². The molecule has 3 nitrogen and oxygen atoms in total. The second kappa shape index (κ2) is 8.11.